The summed E-state index contributed by atoms with van der Waals surface area (Å²) in [5.74, 6) is 0.918. The zero-order valence-corrected chi connectivity index (χ0v) is 13.8. The third-order valence-electron chi connectivity index (χ3n) is 3.38. The van der Waals surface area contributed by atoms with Gasteiger partial charge in [0.05, 0.1) is 19.3 Å². The Kier molecular flexibility index (Phi) is 4.65. The molecule has 4 heteroatoms. The van der Waals surface area contributed by atoms with E-state index in [2.05, 4.69) is 51.4 Å². The van der Waals surface area contributed by atoms with Crippen molar-refractivity contribution < 1.29 is 4.74 Å². The standard InChI is InChI=1S/C16H19BrN2O/c1-10-5-6-13(7-14(10)17)18-9-15-12(3)16(20-4)11(2)8-19-15/h5-8,18H,9H2,1-4H3. The van der Waals surface area contributed by atoms with Crippen LogP contribution in [-0.2, 0) is 6.54 Å². The summed E-state index contributed by atoms with van der Waals surface area (Å²) in [5.41, 5.74) is 5.45. The summed E-state index contributed by atoms with van der Waals surface area (Å²) >= 11 is 3.54. The number of rotatable bonds is 4. The highest BCUT2D eigenvalue weighted by molar-refractivity contribution is 9.10. The van der Waals surface area contributed by atoms with Crippen LogP contribution in [0.2, 0.25) is 0 Å². The van der Waals surface area contributed by atoms with Gasteiger partial charge in [0.1, 0.15) is 5.75 Å². The molecule has 0 saturated carbocycles. The van der Waals surface area contributed by atoms with Crippen LogP contribution in [-0.4, -0.2) is 12.1 Å². The predicted octanol–water partition coefficient (Wildman–Crippen LogP) is 4.39. The fourth-order valence-electron chi connectivity index (χ4n) is 2.14. The lowest BCUT2D eigenvalue weighted by molar-refractivity contribution is 0.407. The van der Waals surface area contributed by atoms with Crippen molar-refractivity contribution in [2.75, 3.05) is 12.4 Å². The van der Waals surface area contributed by atoms with Crippen molar-refractivity contribution in [1.82, 2.24) is 4.98 Å². The largest absolute Gasteiger partial charge is 0.496 e. The molecule has 0 spiro atoms. The number of halogens is 1. The van der Waals surface area contributed by atoms with Gasteiger partial charge in [-0.15, -0.1) is 0 Å². The van der Waals surface area contributed by atoms with Gasteiger partial charge in [0, 0.05) is 27.5 Å². The lowest BCUT2D eigenvalue weighted by Crippen LogP contribution is -2.06. The van der Waals surface area contributed by atoms with E-state index in [0.29, 0.717) is 6.54 Å². The molecule has 1 aromatic heterocycles. The molecule has 1 aromatic carbocycles. The van der Waals surface area contributed by atoms with Crippen LogP contribution >= 0.6 is 15.9 Å². The smallest absolute Gasteiger partial charge is 0.128 e. The first-order valence-corrected chi connectivity index (χ1v) is 7.31. The van der Waals surface area contributed by atoms with Crippen LogP contribution in [0, 0.1) is 20.8 Å². The topological polar surface area (TPSA) is 34.1 Å². The zero-order chi connectivity index (χ0) is 14.7. The molecule has 2 aromatic rings. The maximum atomic E-state index is 5.43. The van der Waals surface area contributed by atoms with Crippen LogP contribution in [0.3, 0.4) is 0 Å². The first kappa shape index (κ1) is 14.9. The Hall–Kier alpha value is -1.55. The van der Waals surface area contributed by atoms with E-state index in [0.717, 1.165) is 32.7 Å². The Morgan fingerprint density at radius 1 is 1.20 bits per heavy atom. The van der Waals surface area contributed by atoms with Gasteiger partial charge in [-0.25, -0.2) is 0 Å². The molecule has 0 aliphatic rings. The lowest BCUT2D eigenvalue weighted by Gasteiger charge is -2.13. The highest BCUT2D eigenvalue weighted by Gasteiger charge is 2.09. The molecule has 20 heavy (non-hydrogen) atoms. The molecule has 0 radical (unpaired) electrons. The zero-order valence-electron chi connectivity index (χ0n) is 12.2. The molecule has 0 amide bonds. The second-order valence-corrected chi connectivity index (χ2v) is 5.72. The molecular formula is C16H19BrN2O. The van der Waals surface area contributed by atoms with Crippen LogP contribution < -0.4 is 10.1 Å². The third kappa shape index (κ3) is 3.12. The van der Waals surface area contributed by atoms with Gasteiger partial charge in [-0.1, -0.05) is 22.0 Å². The maximum Gasteiger partial charge on any atom is 0.128 e. The van der Waals surface area contributed by atoms with Crippen molar-refractivity contribution in [1.29, 1.82) is 0 Å². The summed E-state index contributed by atoms with van der Waals surface area (Å²) in [6.45, 7) is 6.80. The summed E-state index contributed by atoms with van der Waals surface area (Å²) in [7, 11) is 1.70. The van der Waals surface area contributed by atoms with Crippen molar-refractivity contribution >= 4 is 21.6 Å². The van der Waals surface area contributed by atoms with Gasteiger partial charge in [0.15, 0.2) is 0 Å². The van der Waals surface area contributed by atoms with E-state index in [-0.39, 0.29) is 0 Å². The lowest BCUT2D eigenvalue weighted by atomic mass is 10.1. The number of pyridine rings is 1. The third-order valence-corrected chi connectivity index (χ3v) is 4.24. The second-order valence-electron chi connectivity index (χ2n) is 4.86. The monoisotopic (exact) mass is 334 g/mol. The van der Waals surface area contributed by atoms with E-state index in [1.807, 2.05) is 20.0 Å². The summed E-state index contributed by atoms with van der Waals surface area (Å²) in [5, 5.41) is 3.39. The molecule has 0 unspecified atom stereocenters. The van der Waals surface area contributed by atoms with Gasteiger partial charge >= 0.3 is 0 Å². The molecule has 0 atom stereocenters. The first-order valence-electron chi connectivity index (χ1n) is 6.52. The average molecular weight is 335 g/mol. The van der Waals surface area contributed by atoms with Gasteiger partial charge in [-0.3, -0.25) is 4.98 Å². The molecule has 0 aliphatic carbocycles. The second kappa shape index (κ2) is 6.27. The molecule has 0 saturated heterocycles. The predicted molar refractivity (Wildman–Crippen MR) is 86.5 cm³/mol. The highest BCUT2D eigenvalue weighted by atomic mass is 79.9. The first-order chi connectivity index (χ1) is 9.52. The van der Waals surface area contributed by atoms with Crippen molar-refractivity contribution in [3.8, 4) is 5.75 Å². The summed E-state index contributed by atoms with van der Waals surface area (Å²) < 4.78 is 6.53. The molecular weight excluding hydrogens is 316 g/mol. The fraction of sp³-hybridized carbons (Fsp3) is 0.312. The van der Waals surface area contributed by atoms with E-state index in [1.54, 1.807) is 7.11 Å². The number of ether oxygens (including phenoxy) is 1. The van der Waals surface area contributed by atoms with E-state index < -0.39 is 0 Å². The van der Waals surface area contributed by atoms with Crippen molar-refractivity contribution in [3.05, 3.63) is 51.3 Å². The number of hydrogen-bond donors (Lipinski definition) is 1. The number of anilines is 1. The number of nitrogens with one attached hydrogen (secondary N) is 1. The molecule has 1 heterocycles. The molecule has 0 aliphatic heterocycles. The maximum absolute atomic E-state index is 5.43. The molecule has 0 bridgehead atoms. The number of aromatic nitrogens is 1. The Morgan fingerprint density at radius 3 is 2.60 bits per heavy atom. The van der Waals surface area contributed by atoms with Crippen LogP contribution in [0.25, 0.3) is 0 Å². The van der Waals surface area contributed by atoms with E-state index in [1.165, 1.54) is 5.56 Å². The Bertz CT molecular complexity index is 626. The number of aryl methyl sites for hydroxylation is 2. The molecule has 106 valence electrons. The Labute approximate surface area is 128 Å². The molecule has 0 fully saturated rings. The van der Waals surface area contributed by atoms with Crippen molar-refractivity contribution in [2.45, 2.75) is 27.3 Å². The van der Waals surface area contributed by atoms with Gasteiger partial charge in [0.25, 0.3) is 0 Å². The SMILES string of the molecule is COc1c(C)cnc(CNc2ccc(C)c(Br)c2)c1C. The fourth-order valence-corrected chi connectivity index (χ4v) is 2.52. The van der Waals surface area contributed by atoms with Crippen LogP contribution in [0.15, 0.2) is 28.9 Å². The minimum absolute atomic E-state index is 0.679. The number of benzene rings is 1. The molecule has 3 nitrogen and oxygen atoms in total. The van der Waals surface area contributed by atoms with Gasteiger partial charge in [0.2, 0.25) is 0 Å². The summed E-state index contributed by atoms with van der Waals surface area (Å²) in [4.78, 5) is 4.49. The van der Waals surface area contributed by atoms with Gasteiger partial charge in [-0.2, -0.15) is 0 Å². The molecule has 2 rings (SSSR count). The van der Waals surface area contributed by atoms with Crippen molar-refractivity contribution in [2.24, 2.45) is 0 Å². The van der Waals surface area contributed by atoms with Crippen molar-refractivity contribution in [3.63, 3.8) is 0 Å². The van der Waals surface area contributed by atoms with Crippen LogP contribution in [0.5, 0.6) is 5.75 Å². The van der Waals surface area contributed by atoms with E-state index in [4.69, 9.17) is 4.74 Å². The minimum Gasteiger partial charge on any atom is -0.496 e. The number of nitrogens with zero attached hydrogens (tertiary/aromatic N) is 1. The normalized spacial score (nSPS) is 10.4. The highest BCUT2D eigenvalue weighted by Crippen LogP contribution is 2.25. The van der Waals surface area contributed by atoms with Crippen LogP contribution in [0.1, 0.15) is 22.4 Å². The summed E-state index contributed by atoms with van der Waals surface area (Å²) in [6.07, 6.45) is 1.86. The number of methoxy groups -OCH3 is 1. The quantitative estimate of drug-likeness (QED) is 0.900. The minimum atomic E-state index is 0.679. The van der Waals surface area contributed by atoms with E-state index in [9.17, 15) is 0 Å². The Balaban J connectivity index is 2.16. The van der Waals surface area contributed by atoms with Crippen LogP contribution in [0.4, 0.5) is 5.69 Å². The van der Waals surface area contributed by atoms with E-state index >= 15 is 0 Å². The Morgan fingerprint density at radius 2 is 1.95 bits per heavy atom. The summed E-state index contributed by atoms with van der Waals surface area (Å²) in [6, 6.07) is 6.24. The average Bonchev–Trinajstić information content (AvgIpc) is 2.42. The number of hydrogen-bond acceptors (Lipinski definition) is 3. The van der Waals surface area contributed by atoms with Gasteiger partial charge in [-0.05, 0) is 38.5 Å². The van der Waals surface area contributed by atoms with Gasteiger partial charge < -0.3 is 10.1 Å². The molecule has 1 N–H and O–H groups in total.